The van der Waals surface area contributed by atoms with Crippen molar-refractivity contribution in [1.29, 1.82) is 0 Å². The molecule has 16 rings (SSSR count). The lowest BCUT2D eigenvalue weighted by Gasteiger charge is -2.33. The zero-order valence-electron chi connectivity index (χ0n) is 41.6. The van der Waals surface area contributed by atoms with E-state index in [1.165, 1.54) is 88.3 Å². The van der Waals surface area contributed by atoms with E-state index in [9.17, 15) is 0 Å². The topological polar surface area (TPSA) is 19.6 Å². The van der Waals surface area contributed by atoms with Gasteiger partial charge in [0.2, 0.25) is 0 Å². The fraction of sp³-hybridized carbons (Fsp3) is 0.0556. The molecule has 1 heterocycles. The van der Waals surface area contributed by atoms with Crippen LogP contribution in [0.25, 0.3) is 76.9 Å². The molecule has 0 saturated carbocycles. The Morgan fingerprint density at radius 2 is 0.853 bits per heavy atom. The van der Waals surface area contributed by atoms with Crippen molar-refractivity contribution in [2.24, 2.45) is 0 Å². The van der Waals surface area contributed by atoms with Gasteiger partial charge in [0.05, 0.1) is 27.9 Å². The first-order valence-electron chi connectivity index (χ1n) is 26.2. The van der Waals surface area contributed by atoms with E-state index in [2.05, 4.69) is 278 Å². The Kier molecular flexibility index (Phi) is 8.72. The zero-order valence-corrected chi connectivity index (χ0v) is 41.6. The van der Waals surface area contributed by atoms with Gasteiger partial charge in [-0.1, -0.05) is 208 Å². The minimum atomic E-state index is -0.507. The van der Waals surface area contributed by atoms with Gasteiger partial charge in [0.1, 0.15) is 11.2 Å². The third-order valence-corrected chi connectivity index (χ3v) is 17.0. The summed E-state index contributed by atoms with van der Waals surface area (Å²) in [4.78, 5) is 4.93. The van der Waals surface area contributed by atoms with E-state index in [1.54, 1.807) is 0 Å². The highest BCUT2D eigenvalue weighted by Gasteiger charge is 2.52. The fourth-order valence-electron chi connectivity index (χ4n) is 14.0. The maximum atomic E-state index is 7.06. The van der Waals surface area contributed by atoms with Crippen LogP contribution in [0.2, 0.25) is 0 Å². The highest BCUT2D eigenvalue weighted by Crippen LogP contribution is 2.65. The van der Waals surface area contributed by atoms with Gasteiger partial charge in [-0.25, -0.2) is 0 Å². The predicted molar refractivity (Wildman–Crippen MR) is 312 cm³/mol. The summed E-state index contributed by atoms with van der Waals surface area (Å²) in [6.07, 6.45) is 0. The number of furan rings is 1. The second kappa shape index (κ2) is 15.5. The maximum Gasteiger partial charge on any atom is 0.139 e. The zero-order chi connectivity index (χ0) is 49.6. The molecule has 0 atom stereocenters. The summed E-state index contributed by atoms with van der Waals surface area (Å²) in [5.74, 6) is 0. The molecule has 3 heteroatoms. The van der Waals surface area contributed by atoms with Crippen molar-refractivity contribution in [3.05, 3.63) is 288 Å². The molecule has 13 aromatic rings. The maximum absolute atomic E-state index is 7.06. The molecule has 12 aromatic carbocycles. The molecule has 0 bridgehead atoms. The highest BCUT2D eigenvalue weighted by molar-refractivity contribution is 6.16. The summed E-state index contributed by atoms with van der Waals surface area (Å²) in [6.45, 7) is 4.78. The predicted octanol–water partition coefficient (Wildman–Crippen LogP) is 19.5. The standard InChI is InChI=1S/C72H48N2O/c1-71(2)59-33-17-13-29-53(59)57-44-64(54-30-11-12-31-55(54)70(57)71)74(49-42-65(69-56-32-16-20-36-66(56)75-67(69)43-49)73(46-22-5-3-6-23-46)47-24-7-4-8-25-47)48-38-40-62-58(41-48)68-50-26-10-9-21-45(50)37-39-63(68)72(62)60-34-18-14-27-51(60)52-28-15-19-35-61(52)72/h3-44H,1-2H3. The van der Waals surface area contributed by atoms with Crippen molar-refractivity contribution in [1.82, 2.24) is 0 Å². The lowest BCUT2D eigenvalue weighted by molar-refractivity contribution is 0.666. The summed E-state index contributed by atoms with van der Waals surface area (Å²) in [5, 5.41) is 7.07. The third-order valence-electron chi connectivity index (χ3n) is 17.0. The average molecular weight is 957 g/mol. The molecule has 0 N–H and O–H groups in total. The number of anilines is 6. The SMILES string of the molecule is CC1(C)c2ccccc2-c2cc(N(c3ccc4c(c3)-c3c(ccc5ccccc35)C43c4ccccc4-c4ccccc43)c3cc(N(c4ccccc4)c4ccccc4)c4c(c3)oc3ccccc34)c3ccccc3c21. The number of benzene rings is 12. The van der Waals surface area contributed by atoms with E-state index in [-0.39, 0.29) is 5.41 Å². The number of nitrogens with zero attached hydrogens (tertiary/aromatic N) is 2. The van der Waals surface area contributed by atoms with Gasteiger partial charge in [0.25, 0.3) is 0 Å². The lowest BCUT2D eigenvalue weighted by atomic mass is 9.70. The third kappa shape index (κ3) is 5.70. The summed E-state index contributed by atoms with van der Waals surface area (Å²) in [7, 11) is 0. The van der Waals surface area contributed by atoms with E-state index >= 15 is 0 Å². The van der Waals surface area contributed by atoms with Crippen molar-refractivity contribution in [3.8, 4) is 33.4 Å². The van der Waals surface area contributed by atoms with E-state index in [4.69, 9.17) is 4.42 Å². The van der Waals surface area contributed by atoms with Gasteiger partial charge in [-0.2, -0.15) is 0 Å². The van der Waals surface area contributed by atoms with Crippen LogP contribution in [0.3, 0.4) is 0 Å². The Balaban J connectivity index is 1.04. The van der Waals surface area contributed by atoms with Crippen molar-refractivity contribution in [2.75, 3.05) is 9.80 Å². The molecular formula is C72H48N2O. The van der Waals surface area contributed by atoms with Crippen LogP contribution in [0.5, 0.6) is 0 Å². The monoisotopic (exact) mass is 956 g/mol. The van der Waals surface area contributed by atoms with Crippen LogP contribution in [0, 0.1) is 0 Å². The Bertz CT molecular complexity index is 4440. The van der Waals surface area contributed by atoms with E-state index < -0.39 is 5.41 Å². The Morgan fingerprint density at radius 3 is 1.56 bits per heavy atom. The Morgan fingerprint density at radius 1 is 0.320 bits per heavy atom. The number of fused-ring (bicyclic) bond motifs is 20. The van der Waals surface area contributed by atoms with E-state index in [0.717, 1.165) is 56.1 Å². The first kappa shape index (κ1) is 42.1. The van der Waals surface area contributed by atoms with Crippen molar-refractivity contribution in [3.63, 3.8) is 0 Å². The molecule has 0 amide bonds. The molecular weight excluding hydrogens is 909 g/mol. The normalized spacial score (nSPS) is 13.9. The molecule has 3 aliphatic rings. The quantitative estimate of drug-likeness (QED) is 0.166. The molecule has 3 aliphatic carbocycles. The van der Waals surface area contributed by atoms with Gasteiger partial charge in [-0.05, 0) is 138 Å². The van der Waals surface area contributed by atoms with Crippen LogP contribution in [0.15, 0.2) is 259 Å². The molecule has 352 valence electrons. The van der Waals surface area contributed by atoms with E-state index in [0.29, 0.717) is 0 Å². The van der Waals surface area contributed by atoms with Gasteiger partial charge in [-0.15, -0.1) is 0 Å². The van der Waals surface area contributed by atoms with Gasteiger partial charge < -0.3 is 14.2 Å². The van der Waals surface area contributed by atoms with Crippen LogP contribution in [0.4, 0.5) is 34.1 Å². The fourth-order valence-corrected chi connectivity index (χ4v) is 14.0. The van der Waals surface area contributed by atoms with Gasteiger partial charge in [0.15, 0.2) is 0 Å². The van der Waals surface area contributed by atoms with Crippen LogP contribution in [-0.4, -0.2) is 0 Å². The van der Waals surface area contributed by atoms with Crippen LogP contribution < -0.4 is 9.80 Å². The first-order valence-corrected chi connectivity index (χ1v) is 26.2. The second-order valence-electron chi connectivity index (χ2n) is 21.1. The van der Waals surface area contributed by atoms with Crippen molar-refractivity contribution in [2.45, 2.75) is 24.7 Å². The molecule has 0 saturated heterocycles. The van der Waals surface area contributed by atoms with E-state index in [1.807, 2.05) is 0 Å². The largest absolute Gasteiger partial charge is 0.456 e. The summed E-state index contributed by atoms with van der Waals surface area (Å²) >= 11 is 0. The minimum Gasteiger partial charge on any atom is -0.456 e. The van der Waals surface area contributed by atoms with Crippen LogP contribution >= 0.6 is 0 Å². The van der Waals surface area contributed by atoms with Crippen LogP contribution in [-0.2, 0) is 10.8 Å². The highest BCUT2D eigenvalue weighted by atomic mass is 16.3. The molecule has 75 heavy (non-hydrogen) atoms. The number of rotatable bonds is 6. The number of hydrogen-bond acceptors (Lipinski definition) is 3. The second-order valence-corrected chi connectivity index (χ2v) is 21.1. The Hall–Kier alpha value is -9.44. The number of para-hydroxylation sites is 3. The first-order chi connectivity index (χ1) is 37.0. The van der Waals surface area contributed by atoms with Crippen molar-refractivity contribution >= 4 is 77.6 Å². The van der Waals surface area contributed by atoms with Gasteiger partial charge in [0, 0.05) is 39.3 Å². The Labute approximate surface area is 435 Å². The lowest BCUT2D eigenvalue weighted by Crippen LogP contribution is -2.25. The van der Waals surface area contributed by atoms with Gasteiger partial charge in [-0.3, -0.25) is 0 Å². The summed E-state index contributed by atoms with van der Waals surface area (Å²) < 4.78 is 7.06. The smallest absolute Gasteiger partial charge is 0.139 e. The minimum absolute atomic E-state index is 0.207. The molecule has 0 radical (unpaired) electrons. The average Bonchev–Trinajstić information content (AvgIpc) is 4.24. The summed E-state index contributed by atoms with van der Waals surface area (Å²) in [5.41, 5.74) is 23.0. The molecule has 0 unspecified atom stereocenters. The molecule has 3 nitrogen and oxygen atoms in total. The molecule has 0 fully saturated rings. The molecule has 0 aliphatic heterocycles. The van der Waals surface area contributed by atoms with Crippen LogP contribution in [0.1, 0.15) is 47.2 Å². The summed E-state index contributed by atoms with van der Waals surface area (Å²) in [6, 6.07) is 94.5. The molecule has 1 spiro atoms. The molecule has 1 aromatic heterocycles. The van der Waals surface area contributed by atoms with Crippen molar-refractivity contribution < 1.29 is 4.42 Å². The number of hydrogen-bond donors (Lipinski definition) is 0. The van der Waals surface area contributed by atoms with Gasteiger partial charge >= 0.3 is 0 Å².